The van der Waals surface area contributed by atoms with Crippen LogP contribution in [0.2, 0.25) is 0 Å². The number of hydrogen-bond donors (Lipinski definition) is 2. The van der Waals surface area contributed by atoms with E-state index in [9.17, 15) is 4.79 Å². The van der Waals surface area contributed by atoms with E-state index < -0.39 is 0 Å². The number of nitrogen functional groups attached to an aromatic ring is 1. The van der Waals surface area contributed by atoms with Crippen molar-refractivity contribution in [1.29, 1.82) is 5.26 Å². The fourth-order valence-electron chi connectivity index (χ4n) is 1.58. The highest BCUT2D eigenvalue weighted by atomic mass is 16.5. The summed E-state index contributed by atoms with van der Waals surface area (Å²) in [5.74, 6) is 0.261. The number of rotatable bonds is 4. The fourth-order valence-corrected chi connectivity index (χ4v) is 1.58. The van der Waals surface area contributed by atoms with Gasteiger partial charge in [0.15, 0.2) is 6.61 Å². The van der Waals surface area contributed by atoms with Gasteiger partial charge >= 0.3 is 0 Å². The number of nitrogens with one attached hydrogen (secondary N) is 1. The molecule has 0 bridgehead atoms. The smallest absolute Gasteiger partial charge is 0.262 e. The van der Waals surface area contributed by atoms with E-state index in [0.717, 1.165) is 0 Å². The maximum Gasteiger partial charge on any atom is 0.262 e. The molecule has 0 saturated heterocycles. The van der Waals surface area contributed by atoms with Crippen LogP contribution in [0.4, 0.5) is 11.4 Å². The predicted molar refractivity (Wildman–Crippen MR) is 76.1 cm³/mol. The minimum absolute atomic E-state index is 0.108. The molecule has 0 spiro atoms. The van der Waals surface area contributed by atoms with Crippen LogP contribution in [0.15, 0.2) is 48.5 Å². The Morgan fingerprint density at radius 3 is 2.65 bits per heavy atom. The van der Waals surface area contributed by atoms with Gasteiger partial charge < -0.3 is 15.8 Å². The van der Waals surface area contributed by atoms with E-state index in [1.54, 1.807) is 48.5 Å². The van der Waals surface area contributed by atoms with Gasteiger partial charge in [0.2, 0.25) is 0 Å². The Morgan fingerprint density at radius 1 is 1.25 bits per heavy atom. The Bertz CT molecular complexity index is 645. The summed E-state index contributed by atoms with van der Waals surface area (Å²) >= 11 is 0. The molecule has 5 nitrogen and oxygen atoms in total. The minimum atomic E-state index is -0.280. The molecule has 0 atom stereocenters. The van der Waals surface area contributed by atoms with Crippen LogP contribution in [0.1, 0.15) is 5.56 Å². The average molecular weight is 267 g/mol. The molecule has 2 rings (SSSR count). The van der Waals surface area contributed by atoms with Crippen LogP contribution in [0, 0.1) is 11.3 Å². The van der Waals surface area contributed by atoms with Gasteiger partial charge in [-0.1, -0.05) is 6.07 Å². The van der Waals surface area contributed by atoms with Crippen molar-refractivity contribution in [1.82, 2.24) is 0 Å². The molecule has 5 heteroatoms. The number of amides is 1. The van der Waals surface area contributed by atoms with E-state index in [4.69, 9.17) is 15.7 Å². The quantitative estimate of drug-likeness (QED) is 0.831. The Balaban J connectivity index is 1.87. The maximum atomic E-state index is 11.7. The van der Waals surface area contributed by atoms with E-state index >= 15 is 0 Å². The molecule has 0 heterocycles. The standard InChI is InChI=1S/C15H13N3O2/c16-9-11-4-6-13(7-5-11)18-15(19)10-20-14-3-1-2-12(17)8-14/h1-8H,10,17H2,(H,18,19). The third kappa shape index (κ3) is 3.75. The first-order chi connectivity index (χ1) is 9.67. The molecular formula is C15H13N3O2. The van der Waals surface area contributed by atoms with E-state index in [-0.39, 0.29) is 12.5 Å². The van der Waals surface area contributed by atoms with E-state index in [2.05, 4.69) is 5.32 Å². The highest BCUT2D eigenvalue weighted by Gasteiger charge is 2.04. The highest BCUT2D eigenvalue weighted by molar-refractivity contribution is 5.91. The largest absolute Gasteiger partial charge is 0.484 e. The van der Waals surface area contributed by atoms with Gasteiger partial charge in [-0.15, -0.1) is 0 Å². The first-order valence-corrected chi connectivity index (χ1v) is 5.96. The van der Waals surface area contributed by atoms with Crippen molar-refractivity contribution in [3.63, 3.8) is 0 Å². The summed E-state index contributed by atoms with van der Waals surface area (Å²) in [4.78, 5) is 11.7. The Kier molecular flexibility index (Phi) is 4.20. The van der Waals surface area contributed by atoms with Crippen molar-refractivity contribution < 1.29 is 9.53 Å². The van der Waals surface area contributed by atoms with E-state index in [1.807, 2.05) is 6.07 Å². The summed E-state index contributed by atoms with van der Waals surface area (Å²) in [5, 5.41) is 11.3. The third-order valence-corrected chi connectivity index (χ3v) is 2.53. The molecule has 0 fully saturated rings. The second-order valence-corrected chi connectivity index (χ2v) is 4.10. The highest BCUT2D eigenvalue weighted by Crippen LogP contribution is 2.14. The Hall–Kier alpha value is -3.00. The second kappa shape index (κ2) is 6.25. The van der Waals surface area contributed by atoms with Gasteiger partial charge in [0, 0.05) is 17.4 Å². The van der Waals surface area contributed by atoms with Crippen LogP contribution in [0.3, 0.4) is 0 Å². The minimum Gasteiger partial charge on any atom is -0.484 e. The average Bonchev–Trinajstić information content (AvgIpc) is 2.46. The van der Waals surface area contributed by atoms with Gasteiger partial charge in [0.25, 0.3) is 5.91 Å². The number of hydrogen-bond acceptors (Lipinski definition) is 4. The zero-order valence-corrected chi connectivity index (χ0v) is 10.7. The van der Waals surface area contributed by atoms with Gasteiger partial charge in [0.05, 0.1) is 11.6 Å². The number of nitriles is 1. The monoisotopic (exact) mass is 267 g/mol. The summed E-state index contributed by atoms with van der Waals surface area (Å²) in [6.07, 6.45) is 0. The summed E-state index contributed by atoms with van der Waals surface area (Å²) in [5.41, 5.74) is 7.34. The zero-order chi connectivity index (χ0) is 14.4. The molecule has 100 valence electrons. The lowest BCUT2D eigenvalue weighted by Gasteiger charge is -2.08. The second-order valence-electron chi connectivity index (χ2n) is 4.10. The number of nitrogens with zero attached hydrogens (tertiary/aromatic N) is 1. The maximum absolute atomic E-state index is 11.7. The number of benzene rings is 2. The van der Waals surface area contributed by atoms with Crippen molar-refractivity contribution in [2.45, 2.75) is 0 Å². The van der Waals surface area contributed by atoms with Crippen LogP contribution in [0.5, 0.6) is 5.75 Å². The predicted octanol–water partition coefficient (Wildman–Crippen LogP) is 2.16. The molecule has 0 aliphatic carbocycles. The Morgan fingerprint density at radius 2 is 2.00 bits per heavy atom. The first-order valence-electron chi connectivity index (χ1n) is 5.96. The van der Waals surface area contributed by atoms with Crippen molar-refractivity contribution in [3.8, 4) is 11.8 Å². The lowest BCUT2D eigenvalue weighted by Crippen LogP contribution is -2.20. The third-order valence-electron chi connectivity index (χ3n) is 2.53. The molecule has 0 unspecified atom stereocenters. The molecule has 0 aliphatic heterocycles. The normalized spacial score (nSPS) is 9.55. The van der Waals surface area contributed by atoms with Gasteiger partial charge in [0.1, 0.15) is 5.75 Å². The lowest BCUT2D eigenvalue weighted by molar-refractivity contribution is -0.118. The molecule has 3 N–H and O–H groups in total. The van der Waals surface area contributed by atoms with Gasteiger partial charge in [-0.3, -0.25) is 4.79 Å². The molecule has 0 saturated carbocycles. The van der Waals surface area contributed by atoms with Crippen molar-refractivity contribution in [2.24, 2.45) is 0 Å². The Labute approximate surface area is 116 Å². The zero-order valence-electron chi connectivity index (χ0n) is 10.7. The number of ether oxygens (including phenoxy) is 1. The van der Waals surface area contributed by atoms with E-state index in [0.29, 0.717) is 22.7 Å². The first kappa shape index (κ1) is 13.4. The van der Waals surface area contributed by atoms with Gasteiger partial charge in [-0.25, -0.2) is 0 Å². The van der Waals surface area contributed by atoms with Crippen molar-refractivity contribution in [2.75, 3.05) is 17.7 Å². The van der Waals surface area contributed by atoms with Crippen molar-refractivity contribution >= 4 is 17.3 Å². The number of carbonyl (C=O) groups excluding carboxylic acids is 1. The molecule has 2 aromatic rings. The molecular weight excluding hydrogens is 254 g/mol. The van der Waals surface area contributed by atoms with Crippen molar-refractivity contribution in [3.05, 3.63) is 54.1 Å². The molecule has 0 radical (unpaired) electrons. The number of carbonyl (C=O) groups is 1. The topological polar surface area (TPSA) is 88.1 Å². The summed E-state index contributed by atoms with van der Waals surface area (Å²) < 4.78 is 5.32. The van der Waals surface area contributed by atoms with Crippen LogP contribution >= 0.6 is 0 Å². The fraction of sp³-hybridized carbons (Fsp3) is 0.0667. The van der Waals surface area contributed by atoms with Gasteiger partial charge in [-0.05, 0) is 36.4 Å². The van der Waals surface area contributed by atoms with Crippen LogP contribution < -0.4 is 15.8 Å². The van der Waals surface area contributed by atoms with Crippen LogP contribution in [-0.2, 0) is 4.79 Å². The lowest BCUT2D eigenvalue weighted by atomic mass is 10.2. The molecule has 1 amide bonds. The molecule has 20 heavy (non-hydrogen) atoms. The molecule has 2 aromatic carbocycles. The summed E-state index contributed by atoms with van der Waals surface area (Å²) in [7, 11) is 0. The van der Waals surface area contributed by atoms with E-state index in [1.165, 1.54) is 0 Å². The van der Waals surface area contributed by atoms with Crippen LogP contribution in [0.25, 0.3) is 0 Å². The number of anilines is 2. The SMILES string of the molecule is N#Cc1ccc(NC(=O)COc2cccc(N)c2)cc1. The summed E-state index contributed by atoms with van der Waals surface area (Å²) in [6, 6.07) is 15.5. The number of nitrogens with two attached hydrogens (primary N) is 1. The summed E-state index contributed by atoms with van der Waals surface area (Å²) in [6.45, 7) is -0.108. The van der Waals surface area contributed by atoms with Crippen LogP contribution in [-0.4, -0.2) is 12.5 Å². The van der Waals surface area contributed by atoms with Gasteiger partial charge in [-0.2, -0.15) is 5.26 Å². The molecule has 0 aromatic heterocycles. The molecule has 0 aliphatic rings.